The fourth-order valence-corrected chi connectivity index (χ4v) is 3.10. The van der Waals surface area contributed by atoms with E-state index in [1.54, 1.807) is 30.5 Å². The molecule has 0 aliphatic heterocycles. The minimum atomic E-state index is -4.24. The van der Waals surface area contributed by atoms with Crippen molar-refractivity contribution in [1.29, 1.82) is 0 Å². The molecule has 1 aromatic heterocycles. The molecule has 31 heavy (non-hydrogen) atoms. The minimum Gasteiger partial charge on any atom is -0.871 e. The van der Waals surface area contributed by atoms with Crippen molar-refractivity contribution in [3.05, 3.63) is 41.0 Å². The summed E-state index contributed by atoms with van der Waals surface area (Å²) in [5.74, 6) is -0.344. The van der Waals surface area contributed by atoms with Crippen molar-refractivity contribution in [2.24, 2.45) is 10.2 Å². The number of azo groups is 1. The Bertz CT molecular complexity index is 904. The maximum atomic E-state index is 12.3. The Morgan fingerprint density at radius 1 is 1.10 bits per heavy atom. The molecule has 0 unspecified atom stereocenters. The predicted molar refractivity (Wildman–Crippen MR) is 111 cm³/mol. The summed E-state index contributed by atoms with van der Waals surface area (Å²) < 4.78 is 33.1. The number of pyridine rings is 1. The van der Waals surface area contributed by atoms with Crippen LogP contribution in [-0.4, -0.2) is 47.7 Å². The van der Waals surface area contributed by atoms with Gasteiger partial charge in [0, 0.05) is 35.2 Å². The Morgan fingerprint density at radius 2 is 1.77 bits per heavy atom. The average Bonchev–Trinajstić information content (AvgIpc) is 2.60. The minimum absolute atomic E-state index is 0. The van der Waals surface area contributed by atoms with Crippen LogP contribution in [0.15, 0.2) is 51.2 Å². The largest absolute Gasteiger partial charge is 1.00 e. The van der Waals surface area contributed by atoms with Crippen LogP contribution in [0.4, 0.5) is 17.2 Å². The number of aromatic nitrogens is 1. The molecule has 1 aromatic carbocycles. The quantitative estimate of drug-likeness (QED) is 0.178. The van der Waals surface area contributed by atoms with E-state index in [1.807, 2.05) is 11.8 Å². The zero-order valence-corrected chi connectivity index (χ0v) is 24.1. The second-order valence-corrected chi connectivity index (χ2v) is 8.23. The van der Waals surface area contributed by atoms with Crippen molar-refractivity contribution in [3.63, 3.8) is 0 Å². The van der Waals surface area contributed by atoms with Gasteiger partial charge in [0.2, 0.25) is 0 Å². The summed E-state index contributed by atoms with van der Waals surface area (Å²) in [5, 5.41) is 20.2. The van der Waals surface area contributed by atoms with Crippen LogP contribution in [0.3, 0.4) is 0 Å². The van der Waals surface area contributed by atoms with Gasteiger partial charge in [0.25, 0.3) is 0 Å². The smallest absolute Gasteiger partial charge is 0.871 e. The molecular formula is C17H23BrN4Na2O6S. The van der Waals surface area contributed by atoms with Crippen molar-refractivity contribution in [3.8, 4) is 5.75 Å². The summed E-state index contributed by atoms with van der Waals surface area (Å²) in [6, 6.07) is 8.16. The molecular weight excluding hydrogens is 514 g/mol. The van der Waals surface area contributed by atoms with Crippen LogP contribution in [0.5, 0.6) is 5.75 Å². The molecule has 14 heteroatoms. The molecule has 162 valence electrons. The molecule has 0 bridgehead atoms. The third kappa shape index (κ3) is 13.2. The Balaban J connectivity index is -0.00000196. The third-order valence-electron chi connectivity index (χ3n) is 3.60. The Morgan fingerprint density at radius 3 is 2.29 bits per heavy atom. The van der Waals surface area contributed by atoms with E-state index in [-0.39, 0.29) is 87.9 Å². The summed E-state index contributed by atoms with van der Waals surface area (Å²) in [6.07, 6.45) is 2.60. The number of halogens is 1. The maximum Gasteiger partial charge on any atom is 1.00 e. The van der Waals surface area contributed by atoms with Gasteiger partial charge in [0.15, 0.2) is 5.82 Å². The summed E-state index contributed by atoms with van der Waals surface area (Å²) in [7, 11) is -4.24. The van der Waals surface area contributed by atoms with Crippen molar-refractivity contribution < 1.29 is 88.1 Å². The first kappa shape index (κ1) is 35.5. The van der Waals surface area contributed by atoms with E-state index in [0.717, 1.165) is 10.9 Å². The molecule has 0 fully saturated rings. The molecule has 0 saturated heterocycles. The van der Waals surface area contributed by atoms with Gasteiger partial charge in [0.05, 0.1) is 15.8 Å². The molecule has 0 radical (unpaired) electrons. The van der Waals surface area contributed by atoms with E-state index in [4.69, 9.17) is 0 Å². The van der Waals surface area contributed by atoms with Crippen molar-refractivity contribution in [2.45, 2.75) is 19.8 Å². The molecule has 10 nitrogen and oxygen atoms in total. The molecule has 2 aromatic rings. The number of hydrogen-bond donors (Lipinski definition) is 0. The first-order valence-corrected chi connectivity index (χ1v) is 10.7. The van der Waals surface area contributed by atoms with Gasteiger partial charge in [-0.25, -0.2) is 13.4 Å². The Kier molecular flexibility index (Phi) is 19.9. The molecule has 0 atom stereocenters. The van der Waals surface area contributed by atoms with Crippen LogP contribution in [0.2, 0.25) is 0 Å². The molecule has 0 aliphatic rings. The van der Waals surface area contributed by atoms with Gasteiger partial charge in [-0.3, -0.25) is 0 Å². The van der Waals surface area contributed by atoms with E-state index in [9.17, 15) is 18.1 Å². The first-order valence-electron chi connectivity index (χ1n) is 8.31. The zero-order chi connectivity index (χ0) is 19.9. The van der Waals surface area contributed by atoms with E-state index in [0.29, 0.717) is 24.6 Å². The van der Waals surface area contributed by atoms with E-state index >= 15 is 0 Å². The number of rotatable bonds is 9. The van der Waals surface area contributed by atoms with Crippen molar-refractivity contribution >= 4 is 43.2 Å². The number of anilines is 1. The van der Waals surface area contributed by atoms with Crippen LogP contribution in [-0.2, 0) is 10.1 Å². The molecule has 0 aliphatic carbocycles. The summed E-state index contributed by atoms with van der Waals surface area (Å²) in [4.78, 5) is 5.93. The number of nitrogens with zero attached hydrogens (tertiary/aromatic N) is 4. The van der Waals surface area contributed by atoms with Crippen LogP contribution >= 0.6 is 15.9 Å². The van der Waals surface area contributed by atoms with E-state index in [1.165, 1.54) is 6.07 Å². The van der Waals surface area contributed by atoms with Gasteiger partial charge in [-0.15, -0.1) is 10.2 Å². The van der Waals surface area contributed by atoms with Crippen LogP contribution in [0, 0.1) is 0 Å². The van der Waals surface area contributed by atoms with Crippen LogP contribution < -0.4 is 69.1 Å². The molecule has 0 amide bonds. The number of hydrogen-bond acceptors (Lipinski definition) is 8. The van der Waals surface area contributed by atoms with Gasteiger partial charge >= 0.3 is 59.1 Å². The SMILES string of the molecule is CCCN(CCCS(=O)(=O)[O-])c1ccc(N=Nc2ccc(Br)cn2)c([O-])c1.O.O.[Na+].[Na+]. The Labute approximate surface area is 234 Å². The van der Waals surface area contributed by atoms with Gasteiger partial charge in [0.1, 0.15) is 0 Å². The van der Waals surface area contributed by atoms with E-state index in [2.05, 4.69) is 31.1 Å². The standard InChI is InChI=1S/C17H21BrN4O4S.2Na.2H2O/c1-2-8-22(9-3-10-27(24,25)26)14-5-6-15(16(23)11-14)20-21-17-7-4-13(18)12-19-17;;;;/h4-7,11-12,23H,2-3,8-10H2,1H3,(H,24,25,26);;;2*1H2/q;2*+1;;/p-2. The first-order chi connectivity index (χ1) is 12.8. The van der Waals surface area contributed by atoms with Crippen LogP contribution in [0.25, 0.3) is 0 Å². The Hall–Kier alpha value is -0.120. The summed E-state index contributed by atoms with van der Waals surface area (Å²) >= 11 is 3.28. The second-order valence-electron chi connectivity index (χ2n) is 5.79. The maximum absolute atomic E-state index is 12.3. The van der Waals surface area contributed by atoms with Gasteiger partial charge < -0.3 is 25.5 Å². The molecule has 0 spiro atoms. The monoisotopic (exact) mass is 536 g/mol. The fraction of sp³-hybridized carbons (Fsp3) is 0.353. The van der Waals surface area contributed by atoms with Gasteiger partial charge in [-0.05, 0) is 59.1 Å². The normalized spacial score (nSPS) is 10.3. The molecule has 1 heterocycles. The molecule has 0 saturated carbocycles. The van der Waals surface area contributed by atoms with Crippen molar-refractivity contribution in [2.75, 3.05) is 23.7 Å². The number of benzene rings is 1. The summed E-state index contributed by atoms with van der Waals surface area (Å²) in [6.45, 7) is 2.99. The molecule has 2 rings (SSSR count). The van der Waals surface area contributed by atoms with Gasteiger partial charge in [-0.2, -0.15) is 0 Å². The van der Waals surface area contributed by atoms with Crippen molar-refractivity contribution in [1.82, 2.24) is 4.98 Å². The van der Waals surface area contributed by atoms with Crippen LogP contribution in [0.1, 0.15) is 19.8 Å². The second kappa shape index (κ2) is 17.4. The zero-order valence-electron chi connectivity index (χ0n) is 17.7. The fourth-order valence-electron chi connectivity index (χ4n) is 2.39. The topological polar surface area (TPSA) is 184 Å². The van der Waals surface area contributed by atoms with Gasteiger partial charge in [-0.1, -0.05) is 12.7 Å². The molecule has 4 N–H and O–H groups in total. The van der Waals surface area contributed by atoms with E-state index < -0.39 is 15.9 Å². The third-order valence-corrected chi connectivity index (χ3v) is 4.85. The summed E-state index contributed by atoms with van der Waals surface area (Å²) in [5.41, 5.74) is 0.841. The predicted octanol–water partition coefficient (Wildman–Crippen LogP) is -4.16. The average molecular weight is 537 g/mol.